The number of ketones is 1. The van der Waals surface area contributed by atoms with Crippen molar-refractivity contribution in [3.8, 4) is 0 Å². The maximum Gasteiger partial charge on any atom is 0.407 e. The number of ether oxygens (including phenoxy) is 2. The Balaban J connectivity index is 2.66. The lowest BCUT2D eigenvalue weighted by Crippen LogP contribution is -2.40. The first-order valence-corrected chi connectivity index (χ1v) is 8.16. The van der Waals surface area contributed by atoms with Gasteiger partial charge < -0.3 is 14.8 Å². The van der Waals surface area contributed by atoms with Crippen LogP contribution in [0.25, 0.3) is 0 Å². The number of Topliss-reactive ketones (excluding diaryl/α,β-unsaturated/α-hetero) is 1. The molecule has 6 heteroatoms. The number of hydrogen-bond acceptors (Lipinski definition) is 5. The molecular weight excluding hydrogens is 302 g/mol. The fourth-order valence-electron chi connectivity index (χ4n) is 1.93. The zero-order valence-corrected chi connectivity index (χ0v) is 14.7. The van der Waals surface area contributed by atoms with E-state index in [1.165, 1.54) is 11.3 Å². The van der Waals surface area contributed by atoms with Crippen molar-refractivity contribution in [1.82, 2.24) is 5.32 Å². The molecule has 22 heavy (non-hydrogen) atoms. The van der Waals surface area contributed by atoms with Crippen LogP contribution in [0, 0.1) is 6.92 Å². The van der Waals surface area contributed by atoms with E-state index in [0.717, 1.165) is 10.4 Å². The van der Waals surface area contributed by atoms with Gasteiger partial charge in [-0.15, -0.1) is 11.3 Å². The van der Waals surface area contributed by atoms with Crippen LogP contribution in [0.1, 0.15) is 48.8 Å². The topological polar surface area (TPSA) is 64.6 Å². The van der Waals surface area contributed by atoms with Crippen LogP contribution in [0.15, 0.2) is 11.4 Å². The molecule has 0 saturated heterocycles. The summed E-state index contributed by atoms with van der Waals surface area (Å²) in [5.74, 6) is 0.0321. The van der Waals surface area contributed by atoms with Gasteiger partial charge in [0.25, 0.3) is 0 Å². The van der Waals surface area contributed by atoms with Crippen LogP contribution in [-0.4, -0.2) is 37.2 Å². The number of rotatable bonds is 7. The van der Waals surface area contributed by atoms with E-state index in [1.807, 2.05) is 18.4 Å². The summed E-state index contributed by atoms with van der Waals surface area (Å²) in [6.07, 6.45) is 0.292. The fraction of sp³-hybridized carbons (Fsp3) is 0.625. The van der Waals surface area contributed by atoms with Gasteiger partial charge in [-0.3, -0.25) is 4.79 Å². The molecule has 124 valence electrons. The van der Waals surface area contributed by atoms with Crippen LogP contribution in [0.4, 0.5) is 4.79 Å². The summed E-state index contributed by atoms with van der Waals surface area (Å²) in [7, 11) is 1.59. The molecular formula is C16H25NO4S. The Morgan fingerprint density at radius 3 is 2.55 bits per heavy atom. The summed E-state index contributed by atoms with van der Waals surface area (Å²) >= 11 is 1.43. The van der Waals surface area contributed by atoms with E-state index < -0.39 is 11.7 Å². The first-order valence-electron chi connectivity index (χ1n) is 7.28. The molecule has 0 aliphatic heterocycles. The minimum Gasteiger partial charge on any atom is -0.444 e. The Bertz CT molecular complexity index is 504. The smallest absolute Gasteiger partial charge is 0.407 e. The van der Waals surface area contributed by atoms with Crippen LogP contribution in [0.5, 0.6) is 0 Å². The van der Waals surface area contributed by atoms with Gasteiger partial charge in [0.1, 0.15) is 5.60 Å². The summed E-state index contributed by atoms with van der Waals surface area (Å²) in [6.45, 7) is 7.79. The van der Waals surface area contributed by atoms with Gasteiger partial charge in [-0.25, -0.2) is 4.79 Å². The standard InChI is InChI=1S/C16H25NO4S/c1-11-7-9-22-14(11)13(18)10-12(6-8-20-5)17-15(19)21-16(2,3)4/h7,9,12H,6,8,10H2,1-5H3,(H,17,19). The fourth-order valence-corrected chi connectivity index (χ4v) is 2.81. The van der Waals surface area contributed by atoms with Crippen molar-refractivity contribution in [2.24, 2.45) is 0 Å². The third kappa shape index (κ3) is 6.58. The lowest BCUT2D eigenvalue weighted by atomic mass is 10.1. The lowest BCUT2D eigenvalue weighted by Gasteiger charge is -2.23. The minimum absolute atomic E-state index is 0.0321. The third-order valence-electron chi connectivity index (χ3n) is 2.94. The van der Waals surface area contributed by atoms with Gasteiger partial charge in [0.15, 0.2) is 5.78 Å². The van der Waals surface area contributed by atoms with Crippen molar-refractivity contribution >= 4 is 23.2 Å². The van der Waals surface area contributed by atoms with Crippen molar-refractivity contribution in [3.63, 3.8) is 0 Å². The Kier molecular flexibility index (Phi) is 7.03. The van der Waals surface area contributed by atoms with Crippen molar-refractivity contribution < 1.29 is 19.1 Å². The lowest BCUT2D eigenvalue weighted by molar-refractivity contribution is 0.0490. The van der Waals surface area contributed by atoms with Crippen molar-refractivity contribution in [1.29, 1.82) is 0 Å². The van der Waals surface area contributed by atoms with E-state index in [-0.39, 0.29) is 18.2 Å². The summed E-state index contributed by atoms with van der Waals surface area (Å²) in [4.78, 5) is 25.0. The highest BCUT2D eigenvalue weighted by molar-refractivity contribution is 7.12. The third-order valence-corrected chi connectivity index (χ3v) is 4.00. The SMILES string of the molecule is COCCC(CC(=O)c1sccc1C)NC(=O)OC(C)(C)C. The number of thiophene rings is 1. The van der Waals surface area contributed by atoms with Crippen LogP contribution in [0.3, 0.4) is 0 Å². The van der Waals surface area contributed by atoms with E-state index in [4.69, 9.17) is 9.47 Å². The molecule has 1 heterocycles. The Morgan fingerprint density at radius 1 is 1.36 bits per heavy atom. The molecule has 1 atom stereocenters. The van der Waals surface area contributed by atoms with Gasteiger partial charge in [-0.1, -0.05) is 0 Å². The number of hydrogen-bond donors (Lipinski definition) is 1. The Morgan fingerprint density at radius 2 is 2.05 bits per heavy atom. The highest BCUT2D eigenvalue weighted by atomic mass is 32.1. The van der Waals surface area contributed by atoms with Crippen molar-refractivity contribution in [2.75, 3.05) is 13.7 Å². The zero-order valence-electron chi connectivity index (χ0n) is 13.9. The van der Waals surface area contributed by atoms with Gasteiger partial charge in [0.05, 0.1) is 4.88 Å². The molecule has 0 aliphatic rings. The molecule has 1 rings (SSSR count). The van der Waals surface area contributed by atoms with E-state index in [2.05, 4.69) is 5.32 Å². The first kappa shape index (κ1) is 18.6. The maximum absolute atomic E-state index is 12.3. The second-order valence-electron chi connectivity index (χ2n) is 6.18. The summed E-state index contributed by atoms with van der Waals surface area (Å²) in [6, 6.07) is 1.62. The number of carbonyl (C=O) groups is 2. The number of aryl methyl sites for hydroxylation is 1. The largest absolute Gasteiger partial charge is 0.444 e. The van der Waals surface area contributed by atoms with Crippen molar-refractivity contribution in [2.45, 2.75) is 52.2 Å². The van der Waals surface area contributed by atoms with Gasteiger partial charge in [0.2, 0.25) is 0 Å². The maximum atomic E-state index is 12.3. The zero-order chi connectivity index (χ0) is 16.8. The molecule has 0 saturated carbocycles. The molecule has 1 N–H and O–H groups in total. The van der Waals surface area contributed by atoms with Gasteiger partial charge >= 0.3 is 6.09 Å². The number of alkyl carbamates (subject to hydrolysis) is 1. The normalized spacial score (nSPS) is 12.8. The van der Waals surface area contributed by atoms with Crippen LogP contribution < -0.4 is 5.32 Å². The van der Waals surface area contributed by atoms with Crippen molar-refractivity contribution in [3.05, 3.63) is 21.9 Å². The predicted octanol–water partition coefficient (Wildman–Crippen LogP) is 3.56. The molecule has 1 amide bonds. The second kappa shape index (κ2) is 8.29. The monoisotopic (exact) mass is 327 g/mol. The summed E-state index contributed by atoms with van der Waals surface area (Å²) in [5, 5.41) is 4.66. The Hall–Kier alpha value is -1.40. The molecule has 0 aliphatic carbocycles. The first-order chi connectivity index (χ1) is 10.2. The van der Waals surface area contributed by atoms with Gasteiger partial charge in [0, 0.05) is 26.2 Å². The van der Waals surface area contributed by atoms with Crippen LogP contribution >= 0.6 is 11.3 Å². The minimum atomic E-state index is -0.565. The van der Waals surface area contributed by atoms with E-state index >= 15 is 0 Å². The van der Waals surface area contributed by atoms with E-state index in [0.29, 0.717) is 13.0 Å². The van der Waals surface area contributed by atoms with Crippen LogP contribution in [0.2, 0.25) is 0 Å². The molecule has 5 nitrogen and oxygen atoms in total. The number of nitrogens with one attached hydrogen (secondary N) is 1. The average Bonchev–Trinajstić information content (AvgIpc) is 2.79. The predicted molar refractivity (Wildman–Crippen MR) is 87.7 cm³/mol. The Labute approximate surface area is 136 Å². The van der Waals surface area contributed by atoms with Crippen LogP contribution in [-0.2, 0) is 9.47 Å². The molecule has 1 aromatic heterocycles. The summed E-state index contributed by atoms with van der Waals surface area (Å²) in [5.41, 5.74) is 0.405. The quantitative estimate of drug-likeness (QED) is 0.778. The molecule has 0 aromatic carbocycles. The number of amides is 1. The number of methoxy groups -OCH3 is 1. The molecule has 0 spiro atoms. The molecule has 1 aromatic rings. The molecule has 0 radical (unpaired) electrons. The van der Waals surface area contributed by atoms with E-state index in [9.17, 15) is 9.59 Å². The van der Waals surface area contributed by atoms with E-state index in [1.54, 1.807) is 27.9 Å². The average molecular weight is 327 g/mol. The second-order valence-corrected chi connectivity index (χ2v) is 7.10. The molecule has 1 unspecified atom stereocenters. The summed E-state index contributed by atoms with van der Waals surface area (Å²) < 4.78 is 10.3. The number of carbonyl (C=O) groups excluding carboxylic acids is 2. The highest BCUT2D eigenvalue weighted by Crippen LogP contribution is 2.19. The van der Waals surface area contributed by atoms with Gasteiger partial charge in [-0.05, 0) is 51.1 Å². The molecule has 0 bridgehead atoms. The highest BCUT2D eigenvalue weighted by Gasteiger charge is 2.22. The molecule has 0 fully saturated rings. The van der Waals surface area contributed by atoms with Gasteiger partial charge in [-0.2, -0.15) is 0 Å².